The van der Waals surface area contributed by atoms with E-state index in [1.807, 2.05) is 13.1 Å². The third-order valence-corrected chi connectivity index (χ3v) is 4.67. The van der Waals surface area contributed by atoms with Crippen molar-refractivity contribution >= 4 is 11.6 Å². The quantitative estimate of drug-likeness (QED) is 0.800. The van der Waals surface area contributed by atoms with Crippen molar-refractivity contribution in [1.29, 1.82) is 0 Å². The zero-order valence-corrected chi connectivity index (χ0v) is 12.6. The van der Waals surface area contributed by atoms with Crippen LogP contribution in [-0.2, 0) is 0 Å². The second kappa shape index (κ2) is 6.71. The molecule has 0 amide bonds. The fourth-order valence-corrected chi connectivity index (χ4v) is 3.39. The molecule has 1 fully saturated rings. The summed E-state index contributed by atoms with van der Waals surface area (Å²) in [6.07, 6.45) is 7.81. The molecule has 0 heterocycles. The van der Waals surface area contributed by atoms with Crippen LogP contribution in [0, 0.1) is 18.7 Å². The first-order valence-corrected chi connectivity index (χ1v) is 7.62. The average Bonchev–Trinajstić information content (AvgIpc) is 2.89. The van der Waals surface area contributed by atoms with Crippen molar-refractivity contribution in [2.75, 3.05) is 7.05 Å². The Hall–Kier alpha value is -0.600. The summed E-state index contributed by atoms with van der Waals surface area (Å²) in [6.45, 7) is 1.79. The van der Waals surface area contributed by atoms with Crippen LogP contribution in [0.1, 0.15) is 55.7 Å². The van der Waals surface area contributed by atoms with Crippen molar-refractivity contribution in [3.05, 3.63) is 34.1 Å². The number of rotatable bonds is 5. The number of halogens is 2. The average molecular weight is 284 g/mol. The van der Waals surface area contributed by atoms with E-state index in [0.717, 1.165) is 17.9 Å². The fourth-order valence-electron chi connectivity index (χ4n) is 3.10. The molecule has 1 aliphatic rings. The summed E-state index contributed by atoms with van der Waals surface area (Å²) in [7, 11) is 1.95. The topological polar surface area (TPSA) is 12.0 Å². The molecule has 1 N–H and O–H groups in total. The van der Waals surface area contributed by atoms with Crippen molar-refractivity contribution in [1.82, 2.24) is 5.32 Å². The summed E-state index contributed by atoms with van der Waals surface area (Å²) in [4.78, 5) is 0. The van der Waals surface area contributed by atoms with Crippen LogP contribution < -0.4 is 5.32 Å². The Kier molecular flexibility index (Phi) is 5.23. The maximum absolute atomic E-state index is 13.5. The Morgan fingerprint density at radius 2 is 2.05 bits per heavy atom. The number of hydrogen-bond donors (Lipinski definition) is 1. The molecule has 0 saturated heterocycles. The SMILES string of the molecule is CNC(CCC1CCCC1)c1cc(C)c(F)cc1Cl. The van der Waals surface area contributed by atoms with Crippen LogP contribution in [0.15, 0.2) is 12.1 Å². The monoisotopic (exact) mass is 283 g/mol. The highest BCUT2D eigenvalue weighted by Gasteiger charge is 2.19. The van der Waals surface area contributed by atoms with Gasteiger partial charge in [0.2, 0.25) is 0 Å². The molecule has 2 rings (SSSR count). The summed E-state index contributed by atoms with van der Waals surface area (Å²) >= 11 is 6.19. The molecule has 1 aromatic rings. The van der Waals surface area contributed by atoms with Gasteiger partial charge in [0, 0.05) is 11.1 Å². The fraction of sp³-hybridized carbons (Fsp3) is 0.625. The van der Waals surface area contributed by atoms with E-state index in [0.29, 0.717) is 10.6 Å². The predicted molar refractivity (Wildman–Crippen MR) is 79.1 cm³/mol. The molecule has 1 aliphatic carbocycles. The van der Waals surface area contributed by atoms with Crippen LogP contribution in [-0.4, -0.2) is 7.05 Å². The van der Waals surface area contributed by atoms with Crippen molar-refractivity contribution < 1.29 is 4.39 Å². The Morgan fingerprint density at radius 1 is 1.37 bits per heavy atom. The van der Waals surface area contributed by atoms with E-state index >= 15 is 0 Å². The molecule has 19 heavy (non-hydrogen) atoms. The minimum Gasteiger partial charge on any atom is -0.313 e. The second-order valence-electron chi connectivity index (χ2n) is 5.69. The second-order valence-corrected chi connectivity index (χ2v) is 6.10. The van der Waals surface area contributed by atoms with Crippen LogP contribution in [0.3, 0.4) is 0 Å². The van der Waals surface area contributed by atoms with Gasteiger partial charge in [0.05, 0.1) is 0 Å². The maximum atomic E-state index is 13.5. The highest BCUT2D eigenvalue weighted by molar-refractivity contribution is 6.31. The molecule has 1 unspecified atom stereocenters. The van der Waals surface area contributed by atoms with Gasteiger partial charge in [-0.2, -0.15) is 0 Å². The van der Waals surface area contributed by atoms with Crippen molar-refractivity contribution in [2.45, 2.75) is 51.5 Å². The number of benzene rings is 1. The van der Waals surface area contributed by atoms with Crippen LogP contribution in [0.25, 0.3) is 0 Å². The lowest BCUT2D eigenvalue weighted by Crippen LogP contribution is -2.18. The minimum absolute atomic E-state index is 0.223. The first-order chi connectivity index (χ1) is 9.11. The summed E-state index contributed by atoms with van der Waals surface area (Å²) in [5.41, 5.74) is 1.70. The molecule has 0 bridgehead atoms. The van der Waals surface area contributed by atoms with Gasteiger partial charge >= 0.3 is 0 Å². The highest BCUT2D eigenvalue weighted by atomic mass is 35.5. The van der Waals surface area contributed by atoms with Crippen LogP contribution in [0.4, 0.5) is 4.39 Å². The van der Waals surface area contributed by atoms with Crippen LogP contribution in [0.2, 0.25) is 5.02 Å². The molecular weight excluding hydrogens is 261 g/mol. The van der Waals surface area contributed by atoms with Gasteiger partial charge in [-0.05, 0) is 49.9 Å². The molecule has 3 heteroatoms. The standard InChI is InChI=1S/C16H23ClFN/c1-11-9-13(14(17)10-15(11)18)16(19-2)8-7-12-5-3-4-6-12/h9-10,12,16,19H,3-8H2,1-2H3. The molecule has 0 aromatic heterocycles. The number of aryl methyl sites for hydroxylation is 1. The summed E-state index contributed by atoms with van der Waals surface area (Å²) in [5.74, 6) is 0.649. The van der Waals surface area contributed by atoms with Gasteiger partial charge in [0.25, 0.3) is 0 Å². The molecule has 1 aromatic carbocycles. The smallest absolute Gasteiger partial charge is 0.127 e. The van der Waals surface area contributed by atoms with Gasteiger partial charge in [-0.15, -0.1) is 0 Å². The van der Waals surface area contributed by atoms with Crippen molar-refractivity contribution in [3.8, 4) is 0 Å². The zero-order valence-electron chi connectivity index (χ0n) is 11.8. The molecular formula is C16H23ClFN. The van der Waals surface area contributed by atoms with Crippen molar-refractivity contribution in [3.63, 3.8) is 0 Å². The van der Waals surface area contributed by atoms with Gasteiger partial charge in [-0.3, -0.25) is 0 Å². The molecule has 106 valence electrons. The van der Waals surface area contributed by atoms with Gasteiger partial charge in [-0.25, -0.2) is 4.39 Å². The van der Waals surface area contributed by atoms with E-state index in [-0.39, 0.29) is 11.9 Å². The van der Waals surface area contributed by atoms with Crippen molar-refractivity contribution in [2.24, 2.45) is 5.92 Å². The van der Waals surface area contributed by atoms with E-state index in [4.69, 9.17) is 11.6 Å². The Bertz CT molecular complexity index is 427. The van der Waals surface area contributed by atoms with E-state index in [1.54, 1.807) is 6.92 Å². The Labute approximate surface area is 120 Å². The number of nitrogens with one attached hydrogen (secondary N) is 1. The predicted octanol–water partition coefficient (Wildman–Crippen LogP) is 5.02. The normalized spacial score (nSPS) is 17.9. The van der Waals surface area contributed by atoms with Crippen LogP contribution in [0.5, 0.6) is 0 Å². The maximum Gasteiger partial charge on any atom is 0.127 e. The Balaban J connectivity index is 2.05. The molecule has 1 nitrogen and oxygen atoms in total. The molecule has 0 aliphatic heterocycles. The van der Waals surface area contributed by atoms with Crippen LogP contribution >= 0.6 is 11.6 Å². The lowest BCUT2D eigenvalue weighted by molar-refractivity contribution is 0.427. The molecule has 0 spiro atoms. The largest absolute Gasteiger partial charge is 0.313 e. The third kappa shape index (κ3) is 3.70. The first kappa shape index (κ1) is 14.8. The molecule has 1 atom stereocenters. The summed E-state index contributed by atoms with van der Waals surface area (Å²) < 4.78 is 13.5. The summed E-state index contributed by atoms with van der Waals surface area (Å²) in [5, 5.41) is 3.86. The van der Waals surface area contributed by atoms with Gasteiger partial charge in [-0.1, -0.05) is 43.4 Å². The minimum atomic E-state index is -0.223. The lowest BCUT2D eigenvalue weighted by atomic mass is 9.94. The van der Waals surface area contributed by atoms with E-state index in [1.165, 1.54) is 38.2 Å². The molecule has 0 radical (unpaired) electrons. The third-order valence-electron chi connectivity index (χ3n) is 4.34. The van der Waals surface area contributed by atoms with E-state index in [9.17, 15) is 4.39 Å². The van der Waals surface area contributed by atoms with Gasteiger partial charge in [0.15, 0.2) is 0 Å². The summed E-state index contributed by atoms with van der Waals surface area (Å²) in [6, 6.07) is 3.55. The van der Waals surface area contributed by atoms with E-state index < -0.39 is 0 Å². The number of hydrogen-bond acceptors (Lipinski definition) is 1. The lowest BCUT2D eigenvalue weighted by Gasteiger charge is -2.20. The highest BCUT2D eigenvalue weighted by Crippen LogP contribution is 2.33. The first-order valence-electron chi connectivity index (χ1n) is 7.24. The van der Waals surface area contributed by atoms with Gasteiger partial charge in [0.1, 0.15) is 5.82 Å². The van der Waals surface area contributed by atoms with E-state index in [2.05, 4.69) is 5.32 Å². The molecule has 1 saturated carbocycles. The van der Waals surface area contributed by atoms with Gasteiger partial charge < -0.3 is 5.32 Å². The Morgan fingerprint density at radius 3 is 2.68 bits per heavy atom. The zero-order chi connectivity index (χ0) is 13.8.